The lowest BCUT2D eigenvalue weighted by molar-refractivity contribution is 0.403. The van der Waals surface area contributed by atoms with E-state index < -0.39 is 0 Å². The van der Waals surface area contributed by atoms with Crippen molar-refractivity contribution in [1.29, 1.82) is 0 Å². The Morgan fingerprint density at radius 1 is 0.474 bits per heavy atom. The number of benzene rings is 8. The lowest BCUT2D eigenvalue weighted by Crippen LogP contribution is -2.62. The standard InChI is InChI=1S/C73H79BN2/c1-68(2,3)49-32-30-48(57(38-49)47-24-18-15-19-25-47)31-35-55-56-36-33-50(69(4,5)6)39-63(56)74-64-43-61-62(73(13,14)46-72(61,11)12)44-65(64)76(53-34-37-59-60(41-53)71(9,10)45-70(59,7)8)66-42-54(40-58(55)67(66)74)75(51-26-20-16-21-27-51)52-28-22-17-23-29-52/h15-30,32-34,36-44,55H,31,35,45-46H2,1-14H3. The van der Waals surface area contributed by atoms with Crippen LogP contribution in [-0.2, 0) is 38.9 Å². The van der Waals surface area contributed by atoms with Crippen molar-refractivity contribution in [3.63, 3.8) is 0 Å². The number of rotatable bonds is 8. The van der Waals surface area contributed by atoms with Crippen LogP contribution in [0.1, 0.15) is 172 Å². The van der Waals surface area contributed by atoms with Gasteiger partial charge < -0.3 is 9.80 Å². The van der Waals surface area contributed by atoms with Crippen molar-refractivity contribution in [2.45, 2.75) is 161 Å². The summed E-state index contributed by atoms with van der Waals surface area (Å²) in [5.41, 5.74) is 27.6. The van der Waals surface area contributed by atoms with Gasteiger partial charge in [-0.1, -0.05) is 218 Å². The SMILES string of the molecule is CC(C)(C)c1ccc2c(c1)B1c3cc4c(cc3N(c3ccc5c(c3)C(C)(C)CC5(C)C)c3cc(N(c5ccccc5)c5ccccc5)cc(c31)C2CCc1ccc(C(C)(C)C)cc1-c1ccccc1)C(C)(C)CC4(C)C. The van der Waals surface area contributed by atoms with E-state index in [9.17, 15) is 0 Å². The number of nitrogens with zero attached hydrogens (tertiary/aromatic N) is 2. The molecule has 3 heteroatoms. The zero-order chi connectivity index (χ0) is 53.5. The highest BCUT2D eigenvalue weighted by Crippen LogP contribution is 2.55. The van der Waals surface area contributed by atoms with E-state index >= 15 is 0 Å². The highest BCUT2D eigenvalue weighted by atomic mass is 15.2. The third-order valence-corrected chi connectivity index (χ3v) is 18.4. The molecule has 0 saturated carbocycles. The van der Waals surface area contributed by atoms with E-state index in [1.165, 1.54) is 100 Å². The normalized spacial score (nSPS) is 18.1. The molecule has 0 fully saturated rings. The Labute approximate surface area is 456 Å². The number of anilines is 6. The summed E-state index contributed by atoms with van der Waals surface area (Å²) in [5, 5.41) is 0. The first-order valence-corrected chi connectivity index (χ1v) is 28.5. The molecule has 8 aromatic carbocycles. The molecule has 2 heterocycles. The fourth-order valence-electron chi connectivity index (χ4n) is 15.1. The van der Waals surface area contributed by atoms with Crippen LogP contribution in [0, 0.1) is 0 Å². The molecule has 2 nitrogen and oxygen atoms in total. The van der Waals surface area contributed by atoms with Crippen molar-refractivity contribution in [3.05, 3.63) is 220 Å². The fraction of sp³-hybridized carbons (Fsp3) is 0.342. The third kappa shape index (κ3) is 8.29. The summed E-state index contributed by atoms with van der Waals surface area (Å²) in [6, 6.07) is 66.4. The van der Waals surface area contributed by atoms with E-state index in [1.807, 2.05) is 0 Å². The molecule has 2 aliphatic heterocycles. The maximum Gasteiger partial charge on any atom is 0.247 e. The van der Waals surface area contributed by atoms with Gasteiger partial charge in [-0.3, -0.25) is 0 Å². The summed E-state index contributed by atoms with van der Waals surface area (Å²) in [6.45, 7) is 34.0. The van der Waals surface area contributed by atoms with Gasteiger partial charge in [0.2, 0.25) is 6.71 Å². The molecule has 0 spiro atoms. The number of hydrogen-bond acceptors (Lipinski definition) is 2. The van der Waals surface area contributed by atoms with Gasteiger partial charge in [-0.2, -0.15) is 0 Å². The van der Waals surface area contributed by atoms with E-state index in [4.69, 9.17) is 0 Å². The lowest BCUT2D eigenvalue weighted by atomic mass is 9.30. The highest BCUT2D eigenvalue weighted by Gasteiger charge is 2.49. The van der Waals surface area contributed by atoms with Gasteiger partial charge in [0, 0.05) is 40.0 Å². The molecule has 76 heavy (non-hydrogen) atoms. The monoisotopic (exact) mass is 995 g/mol. The maximum atomic E-state index is 2.74. The predicted molar refractivity (Wildman–Crippen MR) is 328 cm³/mol. The number of aryl methyl sites for hydroxylation is 1. The fourth-order valence-corrected chi connectivity index (χ4v) is 15.1. The highest BCUT2D eigenvalue weighted by molar-refractivity contribution is 6.99. The Hall–Kier alpha value is -6.58. The van der Waals surface area contributed by atoms with Crippen molar-refractivity contribution < 1.29 is 0 Å². The van der Waals surface area contributed by atoms with Gasteiger partial charge in [0.15, 0.2) is 0 Å². The lowest BCUT2D eigenvalue weighted by Gasteiger charge is -2.45. The van der Waals surface area contributed by atoms with Gasteiger partial charge in [0.25, 0.3) is 0 Å². The van der Waals surface area contributed by atoms with Crippen molar-refractivity contribution in [2.75, 3.05) is 9.80 Å². The van der Waals surface area contributed by atoms with Gasteiger partial charge in [0.05, 0.1) is 0 Å². The van der Waals surface area contributed by atoms with Crippen molar-refractivity contribution in [3.8, 4) is 11.1 Å². The van der Waals surface area contributed by atoms with Crippen molar-refractivity contribution in [1.82, 2.24) is 0 Å². The first-order valence-electron chi connectivity index (χ1n) is 28.5. The molecule has 0 radical (unpaired) electrons. The predicted octanol–water partition coefficient (Wildman–Crippen LogP) is 17.7. The van der Waals surface area contributed by atoms with Gasteiger partial charge in [-0.25, -0.2) is 0 Å². The number of hydrogen-bond donors (Lipinski definition) is 0. The van der Waals surface area contributed by atoms with Crippen LogP contribution in [0.4, 0.5) is 34.1 Å². The average molecular weight is 995 g/mol. The molecule has 12 rings (SSSR count). The number of fused-ring (bicyclic) bond motifs is 6. The minimum atomic E-state index is -0.0266. The van der Waals surface area contributed by atoms with Crippen LogP contribution in [0.25, 0.3) is 11.1 Å². The summed E-state index contributed by atoms with van der Waals surface area (Å²) in [5.74, 6) is 0.126. The summed E-state index contributed by atoms with van der Waals surface area (Å²) in [7, 11) is 0. The van der Waals surface area contributed by atoms with E-state index in [0.29, 0.717) is 0 Å². The maximum absolute atomic E-state index is 2.74. The Morgan fingerprint density at radius 3 is 1.62 bits per heavy atom. The molecule has 0 saturated heterocycles. The molecule has 1 unspecified atom stereocenters. The van der Waals surface area contributed by atoms with Crippen molar-refractivity contribution >= 4 is 57.2 Å². The van der Waals surface area contributed by atoms with Gasteiger partial charge in [-0.05, 0) is 185 Å². The smallest absolute Gasteiger partial charge is 0.247 e. The first-order chi connectivity index (χ1) is 35.9. The van der Waals surface area contributed by atoms with Crippen LogP contribution in [0.2, 0.25) is 0 Å². The molecule has 0 N–H and O–H groups in total. The molecule has 0 bridgehead atoms. The van der Waals surface area contributed by atoms with Crippen LogP contribution < -0.4 is 26.2 Å². The minimum absolute atomic E-state index is 0.0207. The molecule has 2 aliphatic carbocycles. The van der Waals surface area contributed by atoms with Gasteiger partial charge in [0.1, 0.15) is 0 Å². The quantitative estimate of drug-likeness (QED) is 0.140. The largest absolute Gasteiger partial charge is 0.311 e. The topological polar surface area (TPSA) is 6.48 Å². The van der Waals surface area contributed by atoms with Crippen LogP contribution in [-0.4, -0.2) is 6.71 Å². The van der Waals surface area contributed by atoms with E-state index in [1.54, 1.807) is 0 Å². The molecule has 0 aromatic heterocycles. The zero-order valence-corrected chi connectivity index (χ0v) is 48.0. The molecule has 4 aliphatic rings. The second-order valence-electron chi connectivity index (χ2n) is 28.0. The van der Waals surface area contributed by atoms with Gasteiger partial charge >= 0.3 is 0 Å². The second kappa shape index (κ2) is 17.5. The molecule has 384 valence electrons. The van der Waals surface area contributed by atoms with Crippen molar-refractivity contribution in [2.24, 2.45) is 0 Å². The molecule has 0 amide bonds. The summed E-state index contributed by atoms with van der Waals surface area (Å²) in [6.07, 6.45) is 4.15. The third-order valence-electron chi connectivity index (χ3n) is 18.4. The Kier molecular flexibility index (Phi) is 11.6. The Balaban J connectivity index is 1.18. The molecule has 8 aromatic rings. The minimum Gasteiger partial charge on any atom is -0.311 e. The molecular formula is C73H79BN2. The van der Waals surface area contributed by atoms with E-state index in [-0.39, 0.29) is 45.1 Å². The van der Waals surface area contributed by atoms with Crippen LogP contribution in [0.15, 0.2) is 170 Å². The number of para-hydroxylation sites is 2. The van der Waals surface area contributed by atoms with E-state index in [0.717, 1.165) is 37.1 Å². The van der Waals surface area contributed by atoms with Crippen LogP contribution in [0.5, 0.6) is 0 Å². The van der Waals surface area contributed by atoms with Gasteiger partial charge in [-0.15, -0.1) is 0 Å². The summed E-state index contributed by atoms with van der Waals surface area (Å²) < 4.78 is 0. The first kappa shape index (κ1) is 50.3. The van der Waals surface area contributed by atoms with Crippen LogP contribution >= 0.6 is 0 Å². The van der Waals surface area contributed by atoms with Crippen LogP contribution in [0.3, 0.4) is 0 Å². The second-order valence-corrected chi connectivity index (χ2v) is 28.0. The average Bonchev–Trinajstić information content (AvgIpc) is 3.86. The molecule has 1 atom stereocenters. The Bertz CT molecular complexity index is 3530. The summed E-state index contributed by atoms with van der Waals surface area (Å²) in [4.78, 5) is 5.25. The summed E-state index contributed by atoms with van der Waals surface area (Å²) >= 11 is 0. The Morgan fingerprint density at radius 2 is 1.01 bits per heavy atom. The zero-order valence-electron chi connectivity index (χ0n) is 48.0. The molecular weight excluding hydrogens is 916 g/mol. The van der Waals surface area contributed by atoms with E-state index in [2.05, 4.69) is 277 Å².